The van der Waals surface area contributed by atoms with Gasteiger partial charge in [0.05, 0.1) is 31.1 Å². The summed E-state index contributed by atoms with van der Waals surface area (Å²) in [6.45, 7) is 2.39. The maximum atomic E-state index is 12.7. The monoisotopic (exact) mass is 450 g/mol. The Morgan fingerprint density at radius 2 is 1.58 bits per heavy atom. The van der Waals surface area contributed by atoms with Crippen LogP contribution in [-0.4, -0.2) is 38.9 Å². The van der Waals surface area contributed by atoms with Crippen LogP contribution in [0.4, 0.5) is 5.69 Å². The van der Waals surface area contributed by atoms with Crippen LogP contribution in [0.2, 0.25) is 5.02 Å². The Kier molecular flexibility index (Phi) is 6.70. The van der Waals surface area contributed by atoms with Gasteiger partial charge in [0.2, 0.25) is 10.0 Å². The van der Waals surface area contributed by atoms with Gasteiger partial charge in [0.25, 0.3) is 0 Å². The highest BCUT2D eigenvalue weighted by Gasteiger charge is 2.31. The highest BCUT2D eigenvalue weighted by molar-refractivity contribution is 9.10. The second-order valence-electron chi connectivity index (χ2n) is 5.44. The Labute approximate surface area is 162 Å². The van der Waals surface area contributed by atoms with Gasteiger partial charge in [0.15, 0.2) is 0 Å². The van der Waals surface area contributed by atoms with E-state index in [1.54, 1.807) is 28.6 Å². The summed E-state index contributed by atoms with van der Waals surface area (Å²) in [4.78, 5) is 1.56. The van der Waals surface area contributed by atoms with Crippen molar-refractivity contribution in [3.05, 3.63) is 58.0 Å². The van der Waals surface area contributed by atoms with E-state index in [0.29, 0.717) is 31.1 Å². The third-order valence-corrected chi connectivity index (χ3v) is 6.80. The average molecular weight is 452 g/mol. The van der Waals surface area contributed by atoms with Gasteiger partial charge in [0, 0.05) is 10.5 Å². The lowest BCUT2D eigenvalue weighted by molar-refractivity contribution is -0.837. The first-order chi connectivity index (χ1) is 11.0. The van der Waals surface area contributed by atoms with E-state index in [4.69, 9.17) is 11.6 Å². The van der Waals surface area contributed by atoms with Crippen LogP contribution in [0.1, 0.15) is 0 Å². The maximum Gasteiger partial charge on any atom is 0.243 e. The zero-order chi connectivity index (χ0) is 16.4. The third-order valence-electron chi connectivity index (χ3n) is 4.03. The molecule has 0 radical (unpaired) electrons. The van der Waals surface area contributed by atoms with Crippen LogP contribution in [0.15, 0.2) is 57.9 Å². The molecule has 0 spiro atoms. The minimum atomic E-state index is -3.43. The van der Waals surface area contributed by atoms with Gasteiger partial charge in [0.1, 0.15) is 10.7 Å². The van der Waals surface area contributed by atoms with Gasteiger partial charge in [-0.3, -0.25) is 4.90 Å². The van der Waals surface area contributed by atoms with Gasteiger partial charge < -0.3 is 12.4 Å². The predicted octanol–water partition coefficient (Wildman–Crippen LogP) is -0.673. The fraction of sp³-hybridized carbons (Fsp3) is 0.250. The SMILES string of the molecule is O=S(=O)(c1ccc(Br)cc1)N1CC[NH+](c2ccccc2Cl)CC1.[Cl-]. The quantitative estimate of drug-likeness (QED) is 0.672. The predicted molar refractivity (Wildman–Crippen MR) is 94.7 cm³/mol. The van der Waals surface area contributed by atoms with Crippen molar-refractivity contribution in [1.29, 1.82) is 0 Å². The van der Waals surface area contributed by atoms with Crippen LogP contribution >= 0.6 is 27.5 Å². The summed E-state index contributed by atoms with van der Waals surface area (Å²) in [6, 6.07) is 14.5. The average Bonchev–Trinajstić information content (AvgIpc) is 2.56. The highest BCUT2D eigenvalue weighted by atomic mass is 79.9. The lowest BCUT2D eigenvalue weighted by atomic mass is 10.2. The minimum absolute atomic E-state index is 0. The second kappa shape index (κ2) is 8.17. The summed E-state index contributed by atoms with van der Waals surface area (Å²) in [6.07, 6.45) is 0. The van der Waals surface area contributed by atoms with Crippen molar-refractivity contribution in [3.63, 3.8) is 0 Å². The van der Waals surface area contributed by atoms with Gasteiger partial charge in [-0.15, -0.1) is 0 Å². The van der Waals surface area contributed by atoms with Crippen LogP contribution in [0.3, 0.4) is 0 Å². The molecule has 1 fully saturated rings. The van der Waals surface area contributed by atoms with Gasteiger partial charge in [-0.2, -0.15) is 4.31 Å². The first kappa shape index (κ1) is 19.7. The molecule has 1 heterocycles. The molecule has 0 atom stereocenters. The minimum Gasteiger partial charge on any atom is -1.00 e. The summed E-state index contributed by atoms with van der Waals surface area (Å²) in [7, 11) is -3.43. The number of nitrogens with one attached hydrogen (secondary N) is 1. The number of halogens is 3. The van der Waals surface area contributed by atoms with E-state index in [-0.39, 0.29) is 12.4 Å². The van der Waals surface area contributed by atoms with E-state index in [1.165, 1.54) is 4.90 Å². The molecule has 3 rings (SSSR count). The Morgan fingerprint density at radius 3 is 2.17 bits per heavy atom. The van der Waals surface area contributed by atoms with E-state index in [0.717, 1.165) is 15.2 Å². The molecule has 0 unspecified atom stereocenters. The van der Waals surface area contributed by atoms with Crippen LogP contribution in [0, 0.1) is 0 Å². The number of para-hydroxylation sites is 1. The molecule has 1 aliphatic rings. The fourth-order valence-corrected chi connectivity index (χ4v) is 4.74. The summed E-state index contributed by atoms with van der Waals surface area (Å²) in [5.74, 6) is 0. The number of piperazine rings is 1. The van der Waals surface area contributed by atoms with Crippen molar-refractivity contribution >= 4 is 43.2 Å². The number of hydrogen-bond donors (Lipinski definition) is 1. The Balaban J connectivity index is 0.00000208. The number of hydrogen-bond acceptors (Lipinski definition) is 2. The lowest BCUT2D eigenvalue weighted by Gasteiger charge is -2.31. The summed E-state index contributed by atoms with van der Waals surface area (Å²) >= 11 is 9.56. The Hall–Kier alpha value is -0.630. The molecule has 1 saturated heterocycles. The van der Waals surface area contributed by atoms with E-state index in [9.17, 15) is 8.42 Å². The molecule has 1 N–H and O–H groups in total. The van der Waals surface area contributed by atoms with E-state index < -0.39 is 10.0 Å². The third kappa shape index (κ3) is 4.12. The molecule has 8 heteroatoms. The zero-order valence-electron chi connectivity index (χ0n) is 12.8. The molecule has 130 valence electrons. The standard InChI is InChI=1S/C16H16BrClN2O2S.ClH/c17-13-5-7-14(8-6-13)23(21,22)20-11-9-19(10-12-20)16-4-2-1-3-15(16)18;/h1-8H,9-12H2;1H. The molecule has 4 nitrogen and oxygen atoms in total. The van der Waals surface area contributed by atoms with Crippen LogP contribution in [0.5, 0.6) is 0 Å². The molecular weight excluding hydrogens is 435 g/mol. The van der Waals surface area contributed by atoms with Crippen LogP contribution < -0.4 is 17.3 Å². The first-order valence-corrected chi connectivity index (χ1v) is 9.95. The summed E-state index contributed by atoms with van der Waals surface area (Å²) < 4.78 is 27.8. The Morgan fingerprint density at radius 1 is 1.00 bits per heavy atom. The molecule has 0 aliphatic carbocycles. The molecule has 24 heavy (non-hydrogen) atoms. The van der Waals surface area contributed by atoms with Crippen molar-refractivity contribution in [2.75, 3.05) is 26.2 Å². The lowest BCUT2D eigenvalue weighted by Crippen LogP contribution is -3.10. The van der Waals surface area contributed by atoms with Crippen molar-refractivity contribution < 1.29 is 25.7 Å². The Bertz CT molecular complexity index is 792. The highest BCUT2D eigenvalue weighted by Crippen LogP contribution is 2.20. The van der Waals surface area contributed by atoms with Crippen molar-refractivity contribution in [1.82, 2.24) is 4.31 Å². The van der Waals surface area contributed by atoms with E-state index in [1.807, 2.05) is 24.3 Å². The largest absolute Gasteiger partial charge is 1.00 e. The molecule has 0 amide bonds. The fourth-order valence-electron chi connectivity index (χ4n) is 2.77. The molecule has 1 aliphatic heterocycles. The van der Waals surface area contributed by atoms with Gasteiger partial charge in [-0.25, -0.2) is 8.42 Å². The van der Waals surface area contributed by atoms with Crippen LogP contribution in [-0.2, 0) is 10.0 Å². The van der Waals surface area contributed by atoms with Crippen LogP contribution in [0.25, 0.3) is 0 Å². The molecule has 0 aromatic heterocycles. The topological polar surface area (TPSA) is 41.8 Å². The molecular formula is C16H17BrCl2N2O2S. The van der Waals surface area contributed by atoms with Gasteiger partial charge in [-0.1, -0.05) is 39.7 Å². The van der Waals surface area contributed by atoms with Gasteiger partial charge >= 0.3 is 0 Å². The van der Waals surface area contributed by atoms with Crippen molar-refractivity contribution in [2.45, 2.75) is 4.90 Å². The number of quaternary nitrogens is 1. The second-order valence-corrected chi connectivity index (χ2v) is 8.70. The molecule has 0 bridgehead atoms. The van der Waals surface area contributed by atoms with Gasteiger partial charge in [-0.05, 0) is 30.3 Å². The zero-order valence-corrected chi connectivity index (χ0v) is 16.7. The first-order valence-electron chi connectivity index (χ1n) is 7.34. The van der Waals surface area contributed by atoms with Crippen molar-refractivity contribution in [2.24, 2.45) is 0 Å². The molecule has 2 aromatic rings. The molecule has 0 saturated carbocycles. The van der Waals surface area contributed by atoms with Crippen molar-refractivity contribution in [3.8, 4) is 0 Å². The van der Waals surface area contributed by atoms with E-state index >= 15 is 0 Å². The summed E-state index contributed by atoms with van der Waals surface area (Å²) in [5, 5.41) is 0.728. The number of sulfonamides is 1. The smallest absolute Gasteiger partial charge is 0.243 e. The normalized spacial score (nSPS) is 16.6. The summed E-state index contributed by atoms with van der Waals surface area (Å²) in [5.41, 5.74) is 1.04. The molecule has 2 aromatic carbocycles. The number of nitrogens with zero attached hydrogens (tertiary/aromatic N) is 1. The van der Waals surface area contributed by atoms with E-state index in [2.05, 4.69) is 15.9 Å². The maximum absolute atomic E-state index is 12.7. The number of rotatable bonds is 3. The number of benzene rings is 2.